The molecule has 3 aromatic carbocycles. The number of likely N-dealkylation sites (tertiary alicyclic amines) is 1. The van der Waals surface area contributed by atoms with Gasteiger partial charge in [-0.3, -0.25) is 14.3 Å². The van der Waals surface area contributed by atoms with Crippen LogP contribution < -0.4 is 10.3 Å². The van der Waals surface area contributed by atoms with Crippen molar-refractivity contribution in [3.8, 4) is 23.1 Å². The van der Waals surface area contributed by atoms with Gasteiger partial charge in [0.05, 0.1) is 5.69 Å². The number of rotatable bonds is 6. The molecule has 0 bridgehead atoms. The first-order valence-electron chi connectivity index (χ1n) is 12.5. The lowest BCUT2D eigenvalue weighted by atomic mass is 10.0. The number of carbonyl (C=O) groups is 1. The summed E-state index contributed by atoms with van der Waals surface area (Å²) in [6.07, 6.45) is 2.61. The van der Waals surface area contributed by atoms with Gasteiger partial charge in [-0.15, -0.1) is 0 Å². The van der Waals surface area contributed by atoms with Gasteiger partial charge in [-0.05, 0) is 78.7 Å². The molecule has 1 aliphatic heterocycles. The number of nitrogens with one attached hydrogen (secondary N) is 1. The molecule has 1 aromatic heterocycles. The van der Waals surface area contributed by atoms with E-state index in [1.807, 2.05) is 60.7 Å². The van der Waals surface area contributed by atoms with Crippen molar-refractivity contribution in [2.75, 3.05) is 13.1 Å². The van der Waals surface area contributed by atoms with Gasteiger partial charge in [0.1, 0.15) is 23.7 Å². The van der Waals surface area contributed by atoms with Crippen LogP contribution >= 0.6 is 12.2 Å². The monoisotopic (exact) mass is 541 g/mol. The van der Waals surface area contributed by atoms with E-state index in [-0.39, 0.29) is 22.8 Å². The Morgan fingerprint density at radius 1 is 0.974 bits per heavy atom. The minimum atomic E-state index is -0.506. The summed E-state index contributed by atoms with van der Waals surface area (Å²) in [6.45, 7) is 1.04. The highest BCUT2D eigenvalue weighted by Gasteiger charge is 2.22. The van der Waals surface area contributed by atoms with E-state index in [4.69, 9.17) is 21.7 Å². The van der Waals surface area contributed by atoms with E-state index in [0.29, 0.717) is 43.1 Å². The molecular weight excluding hydrogens is 514 g/mol. The Labute approximate surface area is 230 Å². The topological polar surface area (TPSA) is 96.8 Å². The van der Waals surface area contributed by atoms with Crippen molar-refractivity contribution in [1.29, 1.82) is 0 Å². The van der Waals surface area contributed by atoms with Crippen LogP contribution in [-0.4, -0.2) is 38.7 Å². The number of aromatic hydroxyl groups is 1. The van der Waals surface area contributed by atoms with Crippen LogP contribution in [0.4, 0.5) is 4.79 Å². The zero-order valence-corrected chi connectivity index (χ0v) is 21.9. The first-order chi connectivity index (χ1) is 19.0. The predicted molar refractivity (Wildman–Crippen MR) is 151 cm³/mol. The summed E-state index contributed by atoms with van der Waals surface area (Å²) in [6, 6.07) is 25.9. The van der Waals surface area contributed by atoms with Crippen molar-refractivity contribution in [2.24, 2.45) is 0 Å². The smallest absolute Gasteiger partial charge is 0.410 e. The van der Waals surface area contributed by atoms with Gasteiger partial charge >= 0.3 is 6.09 Å². The number of benzene rings is 3. The highest BCUT2D eigenvalue weighted by Crippen LogP contribution is 2.27. The van der Waals surface area contributed by atoms with Gasteiger partial charge in [-0.25, -0.2) is 4.79 Å². The molecule has 5 rings (SSSR count). The normalized spacial score (nSPS) is 14.3. The van der Waals surface area contributed by atoms with E-state index in [1.165, 1.54) is 4.57 Å². The van der Waals surface area contributed by atoms with Gasteiger partial charge in [0.15, 0.2) is 4.77 Å². The standard InChI is InChI=1S/C30H27N3O5S/c34-27-26(18-22-10-7-17-32(19-22)30(36)37-20-21-8-3-1-4-9-21)28(35)33(29(39)31-27)23-13-15-25(16-14-23)38-24-11-5-2-6-12-24/h1-6,8-9,11-16,18,35H,7,10,17,19-20H2,(H,31,34,39). The van der Waals surface area contributed by atoms with Crippen LogP contribution in [0.5, 0.6) is 17.4 Å². The largest absolute Gasteiger partial charge is 0.494 e. The SMILES string of the molecule is O=C(OCc1ccccc1)N1CCCC(=Cc2c(O)n(-c3ccc(Oc4ccccc4)cc3)c(=S)[nH]c2=O)C1. The molecule has 1 amide bonds. The van der Waals surface area contributed by atoms with Crippen LogP contribution in [0.1, 0.15) is 24.0 Å². The average Bonchev–Trinajstić information content (AvgIpc) is 2.96. The van der Waals surface area contributed by atoms with Crippen molar-refractivity contribution in [1.82, 2.24) is 14.5 Å². The molecule has 0 radical (unpaired) electrons. The highest BCUT2D eigenvalue weighted by atomic mass is 32.1. The molecule has 9 heteroatoms. The van der Waals surface area contributed by atoms with E-state index >= 15 is 0 Å². The summed E-state index contributed by atoms with van der Waals surface area (Å²) < 4.78 is 12.8. The molecule has 8 nitrogen and oxygen atoms in total. The number of aromatic amines is 1. The zero-order chi connectivity index (χ0) is 27.2. The average molecular weight is 542 g/mol. The van der Waals surface area contributed by atoms with Gasteiger partial charge in [0.25, 0.3) is 5.56 Å². The lowest BCUT2D eigenvalue weighted by Gasteiger charge is -2.28. The fourth-order valence-corrected chi connectivity index (χ4v) is 4.67. The third-order valence-electron chi connectivity index (χ3n) is 6.33. The van der Waals surface area contributed by atoms with Gasteiger partial charge in [0.2, 0.25) is 5.88 Å². The van der Waals surface area contributed by atoms with Gasteiger partial charge in [-0.2, -0.15) is 0 Å². The molecule has 0 aliphatic carbocycles. The molecule has 4 aromatic rings. The number of hydrogen-bond acceptors (Lipinski definition) is 6. The number of ether oxygens (including phenoxy) is 2. The summed E-state index contributed by atoms with van der Waals surface area (Å²) in [5.74, 6) is 1.04. The van der Waals surface area contributed by atoms with E-state index < -0.39 is 11.7 Å². The Kier molecular flexibility index (Phi) is 7.88. The third-order valence-corrected chi connectivity index (χ3v) is 6.61. The number of para-hydroxylation sites is 1. The summed E-state index contributed by atoms with van der Waals surface area (Å²) in [5.41, 5.74) is 1.86. The number of nitrogens with zero attached hydrogens (tertiary/aromatic N) is 2. The molecule has 1 aliphatic rings. The second kappa shape index (κ2) is 11.8. The van der Waals surface area contributed by atoms with E-state index in [2.05, 4.69) is 4.98 Å². The summed E-state index contributed by atoms with van der Waals surface area (Å²) >= 11 is 5.36. The van der Waals surface area contributed by atoms with Crippen molar-refractivity contribution in [3.05, 3.63) is 117 Å². The maximum atomic E-state index is 12.8. The minimum Gasteiger partial charge on any atom is -0.494 e. The van der Waals surface area contributed by atoms with Gasteiger partial charge in [0, 0.05) is 13.1 Å². The lowest BCUT2D eigenvalue weighted by molar-refractivity contribution is 0.0955. The minimum absolute atomic E-state index is 0.0612. The van der Waals surface area contributed by atoms with Gasteiger partial charge in [-0.1, -0.05) is 48.5 Å². The van der Waals surface area contributed by atoms with Gasteiger partial charge < -0.3 is 19.5 Å². The Morgan fingerprint density at radius 2 is 1.64 bits per heavy atom. The van der Waals surface area contributed by atoms with Crippen molar-refractivity contribution < 1.29 is 19.4 Å². The second-order valence-electron chi connectivity index (χ2n) is 9.11. The van der Waals surface area contributed by atoms with Crippen LogP contribution in [0, 0.1) is 4.77 Å². The number of piperidine rings is 1. The molecule has 2 N–H and O–H groups in total. The number of H-pyrrole nitrogens is 1. The quantitative estimate of drug-likeness (QED) is 0.282. The van der Waals surface area contributed by atoms with E-state index in [0.717, 1.165) is 11.1 Å². The molecule has 198 valence electrons. The Bertz CT molecular complexity index is 1600. The van der Waals surface area contributed by atoms with Crippen LogP contribution in [-0.2, 0) is 11.3 Å². The zero-order valence-electron chi connectivity index (χ0n) is 21.1. The van der Waals surface area contributed by atoms with E-state index in [1.54, 1.807) is 35.2 Å². The molecule has 1 saturated heterocycles. The first kappa shape index (κ1) is 26.0. The fourth-order valence-electron chi connectivity index (χ4n) is 4.38. The van der Waals surface area contributed by atoms with Crippen molar-refractivity contribution in [2.45, 2.75) is 19.4 Å². The van der Waals surface area contributed by atoms with Crippen LogP contribution in [0.25, 0.3) is 11.8 Å². The maximum Gasteiger partial charge on any atom is 0.410 e. The highest BCUT2D eigenvalue weighted by molar-refractivity contribution is 7.71. The summed E-state index contributed by atoms with van der Waals surface area (Å²) in [5, 5.41) is 11.1. The fraction of sp³-hybridized carbons (Fsp3) is 0.167. The molecular formula is C30H27N3O5S. The second-order valence-corrected chi connectivity index (χ2v) is 9.50. The molecule has 1 fully saturated rings. The lowest BCUT2D eigenvalue weighted by Crippen LogP contribution is -2.37. The molecule has 0 saturated carbocycles. The molecule has 0 atom stereocenters. The number of amides is 1. The number of carbonyl (C=O) groups excluding carboxylic acids is 1. The van der Waals surface area contributed by atoms with Crippen LogP contribution in [0.15, 0.2) is 95.3 Å². The Balaban J connectivity index is 1.34. The van der Waals surface area contributed by atoms with Crippen molar-refractivity contribution >= 4 is 24.4 Å². The summed E-state index contributed by atoms with van der Waals surface area (Å²) in [4.78, 5) is 29.7. The molecule has 2 heterocycles. The van der Waals surface area contributed by atoms with Crippen molar-refractivity contribution in [3.63, 3.8) is 0 Å². The predicted octanol–water partition coefficient (Wildman–Crippen LogP) is 6.21. The molecule has 0 spiro atoms. The third kappa shape index (κ3) is 6.27. The Morgan fingerprint density at radius 3 is 2.36 bits per heavy atom. The van der Waals surface area contributed by atoms with Crippen LogP contribution in [0.3, 0.4) is 0 Å². The molecule has 0 unspecified atom stereocenters. The Hall–Kier alpha value is -4.63. The number of aromatic nitrogens is 2. The van der Waals surface area contributed by atoms with Crippen LogP contribution in [0.2, 0.25) is 0 Å². The summed E-state index contributed by atoms with van der Waals surface area (Å²) in [7, 11) is 0. The van der Waals surface area contributed by atoms with E-state index in [9.17, 15) is 14.7 Å². The molecule has 39 heavy (non-hydrogen) atoms. The number of hydrogen-bond donors (Lipinski definition) is 2. The maximum absolute atomic E-state index is 12.8. The first-order valence-corrected chi connectivity index (χ1v) is 13.0.